The molecule has 0 atom stereocenters. The van der Waals surface area contributed by atoms with Crippen molar-refractivity contribution in [3.8, 4) is 0 Å². The van der Waals surface area contributed by atoms with Gasteiger partial charge in [0.25, 0.3) is 0 Å². The Labute approximate surface area is 249 Å². The summed E-state index contributed by atoms with van der Waals surface area (Å²) in [4.78, 5) is 28.5. The summed E-state index contributed by atoms with van der Waals surface area (Å²) in [6.45, 7) is 14.1. The highest BCUT2D eigenvalue weighted by atomic mass is 32.2. The summed E-state index contributed by atoms with van der Waals surface area (Å²) < 4.78 is 38.3. The zero-order chi connectivity index (χ0) is 30.9. The molecule has 232 valence electrons. The number of ether oxygens (including phenoxy) is 2. The second-order valence-electron chi connectivity index (χ2n) is 13.6. The number of hydrogen-bond donors (Lipinski definition) is 0. The summed E-state index contributed by atoms with van der Waals surface area (Å²) in [7, 11) is -3.55. The number of hydrogen-bond acceptors (Lipinski definition) is 8. The van der Waals surface area contributed by atoms with E-state index in [9.17, 15) is 18.0 Å². The van der Waals surface area contributed by atoms with Gasteiger partial charge in [-0.2, -0.15) is 5.10 Å². The summed E-state index contributed by atoms with van der Waals surface area (Å²) in [5.74, 6) is 0.0846. The van der Waals surface area contributed by atoms with E-state index in [0.29, 0.717) is 37.5 Å². The van der Waals surface area contributed by atoms with Gasteiger partial charge in [-0.05, 0) is 90.8 Å². The number of carbonyl (C=O) groups is 2. The first kappa shape index (κ1) is 32.0. The molecule has 2 saturated heterocycles. The summed E-state index contributed by atoms with van der Waals surface area (Å²) in [5.41, 5.74) is 0.681. The lowest BCUT2D eigenvalue weighted by Gasteiger charge is -2.32. The predicted octanol–water partition coefficient (Wildman–Crippen LogP) is 5.08. The molecule has 2 fully saturated rings. The number of carbonyl (C=O) groups excluding carboxylic acids is 2. The third-order valence-corrected chi connectivity index (χ3v) is 8.48. The second kappa shape index (κ2) is 12.4. The molecule has 0 aliphatic carbocycles. The van der Waals surface area contributed by atoms with Crippen LogP contribution in [0.4, 0.5) is 4.79 Å². The van der Waals surface area contributed by atoms with E-state index >= 15 is 0 Å². The van der Waals surface area contributed by atoms with Gasteiger partial charge in [-0.15, -0.1) is 0 Å². The van der Waals surface area contributed by atoms with Gasteiger partial charge in [0.2, 0.25) is 0 Å². The molecule has 2 aliphatic rings. The summed E-state index contributed by atoms with van der Waals surface area (Å²) in [5, 5.41) is 5.32. The van der Waals surface area contributed by atoms with Crippen LogP contribution in [0.2, 0.25) is 0 Å². The van der Waals surface area contributed by atoms with Crippen LogP contribution < -0.4 is 0 Å². The van der Waals surface area contributed by atoms with Gasteiger partial charge in [-0.1, -0.05) is 18.2 Å². The Bertz CT molecular complexity index is 1420. The van der Waals surface area contributed by atoms with Crippen LogP contribution in [0.3, 0.4) is 0 Å². The number of benzene rings is 1. The third-order valence-electron chi connectivity index (χ3n) is 7.48. The minimum Gasteiger partial charge on any atom is -0.459 e. The first-order chi connectivity index (χ1) is 19.5. The van der Waals surface area contributed by atoms with Crippen molar-refractivity contribution in [2.45, 2.75) is 89.5 Å². The monoisotopic (exact) mass is 602 g/mol. The lowest BCUT2D eigenvalue weighted by molar-refractivity contribution is -0.156. The molecule has 0 bridgehead atoms. The molecule has 1 aromatic carbocycles. The number of amides is 1. The zero-order valence-electron chi connectivity index (χ0n) is 26.1. The Morgan fingerprint density at radius 1 is 0.952 bits per heavy atom. The van der Waals surface area contributed by atoms with Crippen molar-refractivity contribution < 1.29 is 27.5 Å². The molecule has 0 unspecified atom stereocenters. The van der Waals surface area contributed by atoms with Crippen LogP contribution in [0.5, 0.6) is 0 Å². The molecule has 3 heterocycles. The fourth-order valence-electron chi connectivity index (χ4n) is 5.51. The Kier molecular flexibility index (Phi) is 9.42. The van der Waals surface area contributed by atoms with Gasteiger partial charge >= 0.3 is 12.1 Å². The molecule has 11 heteroatoms. The van der Waals surface area contributed by atoms with Gasteiger partial charge in [0.05, 0.1) is 18.1 Å². The fourth-order valence-corrected chi connectivity index (χ4v) is 6.31. The normalized spacial score (nSPS) is 18.6. The van der Waals surface area contributed by atoms with Crippen LogP contribution in [0.15, 0.2) is 29.3 Å². The average Bonchev–Trinajstić information content (AvgIpc) is 3.25. The Hall–Kier alpha value is -2.92. The number of piperidine rings is 2. The molecule has 42 heavy (non-hydrogen) atoms. The van der Waals surface area contributed by atoms with Crippen molar-refractivity contribution in [3.05, 3.63) is 29.8 Å². The fraction of sp³-hybridized carbons (Fsp3) is 0.645. The van der Waals surface area contributed by atoms with E-state index in [-0.39, 0.29) is 29.7 Å². The maximum atomic E-state index is 12.7. The number of esters is 1. The number of fused-ring (bicyclic) bond motifs is 1. The van der Waals surface area contributed by atoms with E-state index < -0.39 is 21.0 Å². The van der Waals surface area contributed by atoms with Crippen LogP contribution in [-0.4, -0.2) is 90.2 Å². The highest BCUT2D eigenvalue weighted by Gasteiger charge is 2.29. The van der Waals surface area contributed by atoms with E-state index in [1.165, 1.54) is 6.26 Å². The van der Waals surface area contributed by atoms with Gasteiger partial charge in [0.15, 0.2) is 14.9 Å². The molecule has 1 aromatic heterocycles. The Balaban J connectivity index is 1.43. The number of allylic oxidation sites excluding steroid dienone is 1. The molecular weight excluding hydrogens is 556 g/mol. The SMILES string of the molecule is CC(C)(C)OC(=O)CN1CCC(n2nc(S(C)(=O)=O)c3cc(/C=C/C4CCN(C(=O)OC(C)(C)C)CC4)ccc32)CC1. The summed E-state index contributed by atoms with van der Waals surface area (Å²) in [6, 6.07) is 5.89. The molecule has 0 N–H and O–H groups in total. The number of likely N-dealkylation sites (tertiary alicyclic amines) is 2. The zero-order valence-corrected chi connectivity index (χ0v) is 26.9. The summed E-state index contributed by atoms with van der Waals surface area (Å²) in [6.07, 6.45) is 8.32. The topological polar surface area (TPSA) is 111 Å². The maximum Gasteiger partial charge on any atom is 0.410 e. The standard InChI is InChI=1S/C31H46N4O6S/c1-30(2,3)40-27(36)21-33-16-14-24(15-17-33)35-26-11-10-23(20-25(26)28(32-35)42(7,38)39)9-8-22-12-18-34(19-13-22)29(37)41-31(4,5)6/h8-11,20,22,24H,12-19,21H2,1-7H3/b9-8+. The molecule has 10 nitrogen and oxygen atoms in total. The van der Waals surface area contributed by atoms with Gasteiger partial charge in [-0.3, -0.25) is 14.4 Å². The van der Waals surface area contributed by atoms with Gasteiger partial charge in [-0.25, -0.2) is 13.2 Å². The number of nitrogens with zero attached hydrogens (tertiary/aromatic N) is 4. The van der Waals surface area contributed by atoms with E-state index in [4.69, 9.17) is 9.47 Å². The maximum absolute atomic E-state index is 12.7. The largest absolute Gasteiger partial charge is 0.459 e. The van der Waals surface area contributed by atoms with Gasteiger partial charge < -0.3 is 14.4 Å². The number of aromatic nitrogens is 2. The van der Waals surface area contributed by atoms with Crippen molar-refractivity contribution in [1.29, 1.82) is 0 Å². The van der Waals surface area contributed by atoms with Crippen molar-refractivity contribution in [2.24, 2.45) is 5.92 Å². The predicted molar refractivity (Wildman–Crippen MR) is 163 cm³/mol. The smallest absolute Gasteiger partial charge is 0.410 e. The van der Waals surface area contributed by atoms with Crippen LogP contribution >= 0.6 is 0 Å². The minimum atomic E-state index is -3.55. The molecule has 2 aliphatic heterocycles. The van der Waals surface area contributed by atoms with Crippen molar-refractivity contribution >= 4 is 38.9 Å². The van der Waals surface area contributed by atoms with Crippen LogP contribution in [0.25, 0.3) is 17.0 Å². The van der Waals surface area contributed by atoms with E-state index in [1.807, 2.05) is 70.5 Å². The van der Waals surface area contributed by atoms with Crippen LogP contribution in [0.1, 0.15) is 78.8 Å². The van der Waals surface area contributed by atoms with Gasteiger partial charge in [0.1, 0.15) is 11.2 Å². The van der Waals surface area contributed by atoms with Crippen LogP contribution in [0, 0.1) is 5.92 Å². The van der Waals surface area contributed by atoms with Gasteiger partial charge in [0, 0.05) is 37.8 Å². The second-order valence-corrected chi connectivity index (χ2v) is 15.5. The number of rotatable bonds is 6. The van der Waals surface area contributed by atoms with E-state index in [0.717, 1.165) is 36.8 Å². The molecule has 0 radical (unpaired) electrons. The van der Waals surface area contributed by atoms with E-state index in [1.54, 1.807) is 4.90 Å². The van der Waals surface area contributed by atoms with Crippen molar-refractivity contribution in [3.63, 3.8) is 0 Å². The lowest BCUT2D eigenvalue weighted by atomic mass is 9.95. The molecular formula is C31H46N4O6S. The Morgan fingerprint density at radius 2 is 1.57 bits per heavy atom. The Morgan fingerprint density at radius 3 is 2.14 bits per heavy atom. The molecule has 0 saturated carbocycles. The molecule has 4 rings (SSSR count). The molecule has 0 spiro atoms. The molecule has 2 aromatic rings. The first-order valence-electron chi connectivity index (χ1n) is 14.8. The average molecular weight is 603 g/mol. The lowest BCUT2D eigenvalue weighted by Crippen LogP contribution is -2.41. The van der Waals surface area contributed by atoms with Crippen molar-refractivity contribution in [1.82, 2.24) is 19.6 Å². The third kappa shape index (κ3) is 8.56. The summed E-state index contributed by atoms with van der Waals surface area (Å²) >= 11 is 0. The highest BCUT2D eigenvalue weighted by Crippen LogP contribution is 2.31. The molecule has 1 amide bonds. The first-order valence-corrected chi connectivity index (χ1v) is 16.7. The minimum absolute atomic E-state index is 0.0365. The number of sulfone groups is 1. The van der Waals surface area contributed by atoms with Crippen molar-refractivity contribution in [2.75, 3.05) is 39.0 Å². The quantitative estimate of drug-likeness (QED) is 0.421. The van der Waals surface area contributed by atoms with E-state index in [2.05, 4.69) is 16.1 Å². The van der Waals surface area contributed by atoms with Crippen LogP contribution in [-0.2, 0) is 24.1 Å². The highest BCUT2D eigenvalue weighted by molar-refractivity contribution is 7.90.